The number of anilines is 1. The molecule has 0 aromatic carbocycles. The number of carbonyl (C=O) groups excluding carboxylic acids is 1. The highest BCUT2D eigenvalue weighted by atomic mass is 16.2. The summed E-state index contributed by atoms with van der Waals surface area (Å²) in [5.74, 6) is 0.663. The highest BCUT2D eigenvalue weighted by molar-refractivity contribution is 6.19. The molecule has 6 heteroatoms. The summed E-state index contributed by atoms with van der Waals surface area (Å²) >= 11 is 0. The number of carbonyl (C=O) groups is 1. The van der Waals surface area contributed by atoms with Crippen LogP contribution < -0.4 is 4.90 Å². The van der Waals surface area contributed by atoms with Crippen molar-refractivity contribution in [1.82, 2.24) is 9.88 Å². The van der Waals surface area contributed by atoms with Crippen LogP contribution in [0.3, 0.4) is 0 Å². The molecule has 1 aromatic rings. The van der Waals surface area contributed by atoms with Gasteiger partial charge in [0.25, 0.3) is 0 Å². The van der Waals surface area contributed by atoms with E-state index in [-0.39, 0.29) is 12.2 Å². The van der Waals surface area contributed by atoms with E-state index in [0.29, 0.717) is 37.6 Å². The lowest BCUT2D eigenvalue weighted by molar-refractivity contribution is -0.129. The predicted molar refractivity (Wildman–Crippen MR) is 68.3 cm³/mol. The molecular weight excluding hydrogens is 227 g/mol. The molecule has 0 aliphatic carbocycles. The molecule has 0 bridgehead atoms. The van der Waals surface area contributed by atoms with Gasteiger partial charge in [-0.3, -0.25) is 4.79 Å². The van der Waals surface area contributed by atoms with Gasteiger partial charge in [0, 0.05) is 32.4 Å². The minimum Gasteiger partial charge on any atom is -0.352 e. The van der Waals surface area contributed by atoms with Crippen LogP contribution in [0.25, 0.3) is 0 Å². The van der Waals surface area contributed by atoms with Crippen LogP contribution in [0, 0.1) is 11.3 Å². The van der Waals surface area contributed by atoms with E-state index in [0.717, 1.165) is 0 Å². The third-order valence-corrected chi connectivity index (χ3v) is 3.01. The maximum Gasteiger partial charge on any atom is 0.214 e. The molecule has 2 heterocycles. The number of aromatic nitrogens is 1. The van der Waals surface area contributed by atoms with Gasteiger partial charge in [-0.15, -0.1) is 0 Å². The van der Waals surface area contributed by atoms with Crippen molar-refractivity contribution in [1.29, 1.82) is 5.26 Å². The van der Waals surface area contributed by atoms with Gasteiger partial charge in [-0.05, 0) is 18.5 Å². The third-order valence-electron chi connectivity index (χ3n) is 3.01. The zero-order valence-electron chi connectivity index (χ0n) is 10.0. The number of amides is 1. The molecule has 2 radical (unpaired) electrons. The topological polar surface area (TPSA) is 60.2 Å². The van der Waals surface area contributed by atoms with Crippen molar-refractivity contribution in [2.45, 2.75) is 6.32 Å². The molecule has 5 nitrogen and oxygen atoms in total. The summed E-state index contributed by atoms with van der Waals surface area (Å²) in [6.45, 7) is 2.60. The normalized spacial score (nSPS) is 15.3. The summed E-state index contributed by atoms with van der Waals surface area (Å²) < 4.78 is 0. The molecule has 1 fully saturated rings. The van der Waals surface area contributed by atoms with Crippen LogP contribution in [0.15, 0.2) is 18.3 Å². The van der Waals surface area contributed by atoms with Crippen molar-refractivity contribution in [3.05, 3.63) is 23.9 Å². The fourth-order valence-electron chi connectivity index (χ4n) is 2.03. The van der Waals surface area contributed by atoms with Gasteiger partial charge in [0.2, 0.25) is 5.91 Å². The van der Waals surface area contributed by atoms with Crippen LogP contribution in [0.2, 0.25) is 6.32 Å². The summed E-state index contributed by atoms with van der Waals surface area (Å²) in [5, 5.41) is 9.03. The van der Waals surface area contributed by atoms with E-state index in [1.54, 1.807) is 23.2 Å². The average molecular weight is 240 g/mol. The molecule has 1 saturated heterocycles. The molecular formula is C12H13BN4O. The average Bonchev–Trinajstić information content (AvgIpc) is 2.46. The smallest absolute Gasteiger partial charge is 0.214 e. The molecule has 0 N–H and O–H groups in total. The second-order valence-electron chi connectivity index (χ2n) is 4.06. The van der Waals surface area contributed by atoms with Crippen molar-refractivity contribution >= 4 is 19.6 Å². The molecule has 18 heavy (non-hydrogen) atoms. The Labute approximate surface area is 107 Å². The monoisotopic (exact) mass is 240 g/mol. The zero-order chi connectivity index (χ0) is 13.0. The quantitative estimate of drug-likeness (QED) is 0.692. The Morgan fingerprint density at radius 1 is 1.44 bits per heavy atom. The Kier molecular flexibility index (Phi) is 3.83. The fraction of sp³-hybridized carbons (Fsp3) is 0.417. The van der Waals surface area contributed by atoms with Gasteiger partial charge in [-0.2, -0.15) is 5.26 Å². The summed E-state index contributed by atoms with van der Waals surface area (Å²) in [6, 6.07) is 5.63. The first-order valence-corrected chi connectivity index (χ1v) is 5.84. The largest absolute Gasteiger partial charge is 0.352 e. The summed E-state index contributed by atoms with van der Waals surface area (Å²) in [5.41, 5.74) is 0.566. The zero-order valence-corrected chi connectivity index (χ0v) is 10.0. The van der Waals surface area contributed by atoms with Crippen molar-refractivity contribution in [2.75, 3.05) is 31.1 Å². The molecule has 1 aliphatic rings. The molecule has 2 rings (SSSR count). The van der Waals surface area contributed by atoms with E-state index in [2.05, 4.69) is 11.1 Å². The van der Waals surface area contributed by atoms with Gasteiger partial charge in [-0.1, -0.05) is 0 Å². The molecule has 1 aliphatic heterocycles. The van der Waals surface area contributed by atoms with Crippen LogP contribution in [0.5, 0.6) is 0 Å². The number of hydrogen-bond acceptors (Lipinski definition) is 4. The van der Waals surface area contributed by atoms with Crippen LogP contribution in [-0.2, 0) is 4.79 Å². The van der Waals surface area contributed by atoms with Gasteiger partial charge < -0.3 is 9.80 Å². The molecule has 90 valence electrons. The maximum absolute atomic E-state index is 11.4. The Bertz CT molecular complexity index is 477. The van der Waals surface area contributed by atoms with E-state index in [4.69, 9.17) is 13.1 Å². The Morgan fingerprint density at radius 3 is 2.78 bits per heavy atom. The van der Waals surface area contributed by atoms with Crippen molar-refractivity contribution in [2.24, 2.45) is 0 Å². The van der Waals surface area contributed by atoms with Gasteiger partial charge in [0.1, 0.15) is 11.9 Å². The lowest BCUT2D eigenvalue weighted by Crippen LogP contribution is -2.49. The number of nitriles is 1. The van der Waals surface area contributed by atoms with E-state index >= 15 is 0 Å². The second-order valence-corrected chi connectivity index (χ2v) is 4.06. The molecule has 0 spiro atoms. The Balaban J connectivity index is 2.06. The molecule has 0 unspecified atom stereocenters. The first-order valence-electron chi connectivity index (χ1n) is 5.84. The third kappa shape index (κ3) is 2.45. The van der Waals surface area contributed by atoms with Crippen LogP contribution in [0.4, 0.5) is 5.82 Å². The Morgan fingerprint density at radius 2 is 2.17 bits per heavy atom. The minimum absolute atomic E-state index is 0.0313. The SMILES string of the molecule is [B]CC(=O)N1CCN(c2ncccc2C#N)CC1. The number of piperazine rings is 1. The Hall–Kier alpha value is -2.03. The maximum atomic E-state index is 11.4. The molecule has 0 saturated carbocycles. The van der Waals surface area contributed by atoms with Crippen LogP contribution in [0.1, 0.15) is 5.56 Å². The van der Waals surface area contributed by atoms with Crippen LogP contribution >= 0.6 is 0 Å². The number of pyridine rings is 1. The first kappa shape index (κ1) is 12.4. The van der Waals surface area contributed by atoms with E-state index in [9.17, 15) is 4.79 Å². The lowest BCUT2D eigenvalue weighted by atomic mass is 10.0. The first-order chi connectivity index (χ1) is 8.76. The number of rotatable bonds is 2. The van der Waals surface area contributed by atoms with Crippen molar-refractivity contribution in [3.63, 3.8) is 0 Å². The predicted octanol–water partition coefficient (Wildman–Crippen LogP) is 0.189. The van der Waals surface area contributed by atoms with Gasteiger partial charge in [0.05, 0.1) is 13.4 Å². The van der Waals surface area contributed by atoms with Crippen molar-refractivity contribution < 1.29 is 4.79 Å². The van der Waals surface area contributed by atoms with E-state index in [1.807, 2.05) is 4.90 Å². The summed E-state index contributed by atoms with van der Waals surface area (Å²) in [4.78, 5) is 19.5. The highest BCUT2D eigenvalue weighted by Crippen LogP contribution is 2.18. The number of hydrogen-bond donors (Lipinski definition) is 0. The molecule has 0 atom stereocenters. The highest BCUT2D eigenvalue weighted by Gasteiger charge is 2.21. The van der Waals surface area contributed by atoms with E-state index in [1.165, 1.54) is 0 Å². The fourth-order valence-corrected chi connectivity index (χ4v) is 2.03. The summed E-state index contributed by atoms with van der Waals surface area (Å²) in [7, 11) is 5.33. The van der Waals surface area contributed by atoms with Gasteiger partial charge in [-0.25, -0.2) is 4.98 Å². The van der Waals surface area contributed by atoms with E-state index < -0.39 is 0 Å². The minimum atomic E-state index is -0.0313. The number of nitrogens with zero attached hydrogens (tertiary/aromatic N) is 4. The summed E-state index contributed by atoms with van der Waals surface area (Å²) in [6.07, 6.45) is 1.72. The second kappa shape index (κ2) is 5.54. The van der Waals surface area contributed by atoms with Crippen LogP contribution in [-0.4, -0.2) is 49.8 Å². The molecule has 1 amide bonds. The molecule has 1 aromatic heterocycles. The van der Waals surface area contributed by atoms with Crippen molar-refractivity contribution in [3.8, 4) is 6.07 Å². The van der Waals surface area contributed by atoms with Gasteiger partial charge in [0.15, 0.2) is 0 Å². The lowest BCUT2D eigenvalue weighted by Gasteiger charge is -2.35. The standard InChI is InChI=1S/C12H13BN4O/c13-8-11(18)16-4-6-17(7-5-16)12-10(9-14)2-1-3-15-12/h1-3H,4-8H2. The van der Waals surface area contributed by atoms with Gasteiger partial charge >= 0.3 is 0 Å².